The number of morpholine rings is 1. The summed E-state index contributed by atoms with van der Waals surface area (Å²) in [6.45, 7) is 0.676. The summed E-state index contributed by atoms with van der Waals surface area (Å²) < 4.78 is 4.74. The Morgan fingerprint density at radius 3 is 2.46 bits per heavy atom. The van der Waals surface area contributed by atoms with Crippen molar-refractivity contribution >= 4 is 11.8 Å². The molecule has 0 bridgehead atoms. The number of rotatable bonds is 3. The number of hydrogen-bond acceptors (Lipinski definition) is 4. The molecule has 72 valence electrons. The second kappa shape index (κ2) is 4.74. The zero-order valence-corrected chi connectivity index (χ0v) is 7.23. The van der Waals surface area contributed by atoms with Crippen molar-refractivity contribution in [3.8, 4) is 0 Å². The molecule has 5 heteroatoms. The Morgan fingerprint density at radius 1 is 1.31 bits per heavy atom. The summed E-state index contributed by atoms with van der Waals surface area (Å²) >= 11 is 0. The van der Waals surface area contributed by atoms with Crippen LogP contribution in [0.5, 0.6) is 0 Å². The molecule has 1 aliphatic rings. The molecule has 0 aromatic heterocycles. The van der Waals surface area contributed by atoms with E-state index < -0.39 is 0 Å². The van der Waals surface area contributed by atoms with E-state index in [-0.39, 0.29) is 31.6 Å². The fourth-order valence-corrected chi connectivity index (χ4v) is 1.00. The Balaban J connectivity index is 2.49. The largest absolute Gasteiger partial charge is 0.362 e. The second-order valence-corrected chi connectivity index (χ2v) is 2.60. The lowest BCUT2D eigenvalue weighted by molar-refractivity contribution is -0.157. The monoisotopic (exact) mass is 184 g/mol. The predicted octanol–water partition coefficient (Wildman–Crippen LogP) is -1.11. The van der Waals surface area contributed by atoms with Crippen LogP contribution in [0.4, 0.5) is 0 Å². The molecule has 1 saturated heterocycles. The van der Waals surface area contributed by atoms with E-state index in [1.54, 1.807) is 12.2 Å². The molecule has 0 atom stereocenters. The molecule has 0 saturated carbocycles. The van der Waals surface area contributed by atoms with Gasteiger partial charge in [-0.15, -0.1) is 0 Å². The molecule has 1 rings (SSSR count). The molecular weight excluding hydrogens is 172 g/mol. The van der Waals surface area contributed by atoms with E-state index in [2.05, 4.69) is 0 Å². The van der Waals surface area contributed by atoms with Crippen LogP contribution < -0.4 is 5.73 Å². The highest BCUT2D eigenvalue weighted by atomic mass is 16.5. The van der Waals surface area contributed by atoms with Gasteiger partial charge in [0.05, 0.1) is 0 Å². The van der Waals surface area contributed by atoms with Gasteiger partial charge >= 0.3 is 0 Å². The van der Waals surface area contributed by atoms with Gasteiger partial charge in [0, 0.05) is 13.1 Å². The quantitative estimate of drug-likeness (QED) is 0.445. The van der Waals surface area contributed by atoms with Crippen molar-refractivity contribution in [1.29, 1.82) is 0 Å². The molecule has 0 aliphatic carbocycles. The van der Waals surface area contributed by atoms with E-state index >= 15 is 0 Å². The lowest BCUT2D eigenvalue weighted by atomic mass is 10.3. The molecule has 1 fully saturated rings. The van der Waals surface area contributed by atoms with E-state index in [1.165, 1.54) is 0 Å². The molecule has 0 unspecified atom stereocenters. The molecule has 13 heavy (non-hydrogen) atoms. The topological polar surface area (TPSA) is 72.6 Å². The molecule has 2 N–H and O–H groups in total. The fraction of sp³-hybridized carbons (Fsp3) is 0.500. The van der Waals surface area contributed by atoms with Crippen molar-refractivity contribution in [2.75, 3.05) is 26.3 Å². The second-order valence-electron chi connectivity index (χ2n) is 2.60. The summed E-state index contributed by atoms with van der Waals surface area (Å²) in [5.74, 6) is -0.587. The third-order valence-corrected chi connectivity index (χ3v) is 1.64. The third kappa shape index (κ3) is 2.64. The molecular formula is C8H12N2O3. The van der Waals surface area contributed by atoms with Gasteiger partial charge in [0.2, 0.25) is 0 Å². The Hall–Kier alpha value is -1.20. The normalized spacial score (nSPS) is 18.7. The van der Waals surface area contributed by atoms with Crippen molar-refractivity contribution < 1.29 is 14.3 Å². The summed E-state index contributed by atoms with van der Waals surface area (Å²) in [5, 5.41) is 0. The minimum Gasteiger partial charge on any atom is -0.362 e. The fourth-order valence-electron chi connectivity index (χ4n) is 1.00. The predicted molar refractivity (Wildman–Crippen MR) is 45.7 cm³/mol. The first-order valence-corrected chi connectivity index (χ1v) is 4.01. The summed E-state index contributed by atoms with van der Waals surface area (Å²) in [6.07, 6.45) is 3.40. The molecule has 0 aromatic carbocycles. The van der Waals surface area contributed by atoms with Crippen LogP contribution in [0.2, 0.25) is 0 Å². The van der Waals surface area contributed by atoms with Crippen molar-refractivity contribution in [2.24, 2.45) is 5.73 Å². The van der Waals surface area contributed by atoms with Gasteiger partial charge in [0.1, 0.15) is 13.2 Å². The van der Waals surface area contributed by atoms with Crippen molar-refractivity contribution in [1.82, 2.24) is 4.90 Å². The number of hydrogen-bond donors (Lipinski definition) is 1. The number of imide groups is 1. The van der Waals surface area contributed by atoms with Gasteiger partial charge in [0.25, 0.3) is 11.8 Å². The van der Waals surface area contributed by atoms with Gasteiger partial charge in [0.15, 0.2) is 0 Å². The van der Waals surface area contributed by atoms with Crippen LogP contribution in [0.3, 0.4) is 0 Å². The highest BCUT2D eigenvalue weighted by molar-refractivity contribution is 5.98. The first kappa shape index (κ1) is 9.88. The van der Waals surface area contributed by atoms with E-state index in [1.807, 2.05) is 0 Å². The summed E-state index contributed by atoms with van der Waals surface area (Å²) in [6, 6.07) is 0. The maximum Gasteiger partial charge on any atom is 0.255 e. The van der Waals surface area contributed by atoms with Gasteiger partial charge in [-0.2, -0.15) is 0 Å². The number of amides is 2. The molecule has 5 nitrogen and oxygen atoms in total. The molecule has 0 aromatic rings. The maximum atomic E-state index is 11.1. The summed E-state index contributed by atoms with van der Waals surface area (Å²) in [5.41, 5.74) is 5.21. The number of ether oxygens (including phenoxy) is 1. The molecule has 1 heterocycles. The van der Waals surface area contributed by atoms with E-state index in [0.717, 1.165) is 4.90 Å². The molecule has 0 radical (unpaired) electrons. The minimum absolute atomic E-state index is 0.0117. The third-order valence-electron chi connectivity index (χ3n) is 1.64. The number of carbonyl (C=O) groups is 2. The Kier molecular flexibility index (Phi) is 3.60. The number of carbonyl (C=O) groups excluding carboxylic acids is 2. The van der Waals surface area contributed by atoms with Crippen LogP contribution in [0.25, 0.3) is 0 Å². The van der Waals surface area contributed by atoms with Crippen LogP contribution in [0.1, 0.15) is 0 Å². The van der Waals surface area contributed by atoms with Crippen molar-refractivity contribution in [2.45, 2.75) is 0 Å². The molecule has 1 aliphatic heterocycles. The van der Waals surface area contributed by atoms with Crippen LogP contribution in [0.15, 0.2) is 12.2 Å². The van der Waals surface area contributed by atoms with Crippen LogP contribution >= 0.6 is 0 Å². The standard InChI is InChI=1S/C8H12N2O3/c9-3-1-2-4-10-7(11)5-13-6-8(10)12/h1-2H,3-6,9H2/b2-1+. The average molecular weight is 184 g/mol. The number of nitrogens with zero attached hydrogens (tertiary/aromatic N) is 1. The lowest BCUT2D eigenvalue weighted by Gasteiger charge is -2.23. The van der Waals surface area contributed by atoms with Gasteiger partial charge < -0.3 is 10.5 Å². The highest BCUT2D eigenvalue weighted by Crippen LogP contribution is 2.00. The van der Waals surface area contributed by atoms with Gasteiger partial charge in [-0.1, -0.05) is 12.2 Å². The molecule has 0 spiro atoms. The van der Waals surface area contributed by atoms with E-state index in [0.29, 0.717) is 6.54 Å². The highest BCUT2D eigenvalue weighted by Gasteiger charge is 2.24. The molecule has 2 amide bonds. The van der Waals surface area contributed by atoms with Gasteiger partial charge in [-0.25, -0.2) is 0 Å². The summed E-state index contributed by atoms with van der Waals surface area (Å²) in [7, 11) is 0. The Bertz CT molecular complexity index is 222. The van der Waals surface area contributed by atoms with Crippen LogP contribution in [-0.2, 0) is 14.3 Å². The Labute approximate surface area is 76.1 Å². The number of nitrogens with two attached hydrogens (primary N) is 1. The smallest absolute Gasteiger partial charge is 0.255 e. The van der Waals surface area contributed by atoms with Crippen molar-refractivity contribution in [3.63, 3.8) is 0 Å². The zero-order chi connectivity index (χ0) is 9.68. The van der Waals surface area contributed by atoms with Crippen molar-refractivity contribution in [3.05, 3.63) is 12.2 Å². The van der Waals surface area contributed by atoms with Gasteiger partial charge in [-0.05, 0) is 0 Å². The first-order chi connectivity index (χ1) is 6.25. The average Bonchev–Trinajstić information content (AvgIpc) is 2.10. The van der Waals surface area contributed by atoms with E-state index in [4.69, 9.17) is 10.5 Å². The zero-order valence-electron chi connectivity index (χ0n) is 7.23. The summed E-state index contributed by atoms with van der Waals surface area (Å²) in [4.78, 5) is 23.4. The van der Waals surface area contributed by atoms with E-state index in [9.17, 15) is 9.59 Å². The SMILES string of the molecule is NC/C=C/CN1C(=O)COCC1=O. The minimum atomic E-state index is -0.294. The maximum absolute atomic E-state index is 11.1. The van der Waals surface area contributed by atoms with Crippen LogP contribution in [0, 0.1) is 0 Å². The van der Waals surface area contributed by atoms with Gasteiger partial charge in [-0.3, -0.25) is 14.5 Å². The first-order valence-electron chi connectivity index (χ1n) is 4.01. The Morgan fingerprint density at radius 2 is 1.92 bits per heavy atom. The lowest BCUT2D eigenvalue weighted by Crippen LogP contribution is -2.46. The van der Waals surface area contributed by atoms with Crippen LogP contribution in [-0.4, -0.2) is 43.0 Å².